The molecule has 0 amide bonds. The van der Waals surface area contributed by atoms with Gasteiger partial charge < -0.3 is 9.84 Å². The molecule has 1 N–H and O–H groups in total. The van der Waals surface area contributed by atoms with Crippen molar-refractivity contribution >= 4 is 17.3 Å². The van der Waals surface area contributed by atoms with Crippen LogP contribution in [0.2, 0.25) is 0 Å². The Morgan fingerprint density at radius 2 is 1.33 bits per heavy atom. The van der Waals surface area contributed by atoms with Gasteiger partial charge in [0.15, 0.2) is 17.3 Å². The van der Waals surface area contributed by atoms with Crippen molar-refractivity contribution < 1.29 is 24.2 Å². The predicted octanol–water partition coefficient (Wildman–Crippen LogP) is 3.38. The van der Waals surface area contributed by atoms with Crippen LogP contribution in [0.1, 0.15) is 53.5 Å². The van der Waals surface area contributed by atoms with Crippen LogP contribution in [0.15, 0.2) is 48.5 Å². The normalized spacial score (nSPS) is 11.1. The van der Waals surface area contributed by atoms with Crippen molar-refractivity contribution in [2.24, 2.45) is 0 Å². The summed E-state index contributed by atoms with van der Waals surface area (Å²) in [6.07, 6.45) is -0.210. The Labute approximate surface area is 159 Å². The molecule has 0 aliphatic rings. The van der Waals surface area contributed by atoms with Gasteiger partial charge in [-0.25, -0.2) is 0 Å². The minimum absolute atomic E-state index is 0.00298. The highest BCUT2D eigenvalue weighted by atomic mass is 16.5. The Balaban J connectivity index is 1.98. The molecule has 0 saturated heterocycles. The second kappa shape index (κ2) is 8.73. The molecule has 0 aromatic heterocycles. The monoisotopic (exact) mass is 368 g/mol. The zero-order valence-corrected chi connectivity index (χ0v) is 15.8. The minimum atomic E-state index is -0.574. The second-order valence-corrected chi connectivity index (χ2v) is 7.36. The van der Waals surface area contributed by atoms with E-state index in [0.717, 1.165) is 5.56 Å². The lowest BCUT2D eigenvalue weighted by Crippen LogP contribution is -2.14. The summed E-state index contributed by atoms with van der Waals surface area (Å²) in [6.45, 7) is 5.49. The van der Waals surface area contributed by atoms with E-state index in [1.165, 1.54) is 0 Å². The molecular weight excluding hydrogens is 344 g/mol. The quantitative estimate of drug-likeness (QED) is 0.571. The van der Waals surface area contributed by atoms with E-state index in [9.17, 15) is 14.4 Å². The molecule has 2 rings (SSSR count). The number of carbonyl (C=O) groups is 3. The van der Waals surface area contributed by atoms with Crippen LogP contribution in [0.4, 0.5) is 0 Å². The molecule has 2 aromatic rings. The fourth-order valence-electron chi connectivity index (χ4n) is 2.45. The number of Topliss-reactive ketones (excluding diaryl/α,β-unsaturated/α-hetero) is 3. The Bertz CT molecular complexity index is 811. The fraction of sp³-hybridized carbons (Fsp3) is 0.318. The van der Waals surface area contributed by atoms with Gasteiger partial charge >= 0.3 is 0 Å². The van der Waals surface area contributed by atoms with Crippen LogP contribution in [0.3, 0.4) is 0 Å². The molecule has 2 aromatic carbocycles. The highest BCUT2D eigenvalue weighted by Crippen LogP contribution is 2.23. The average molecular weight is 368 g/mol. The molecule has 0 atom stereocenters. The van der Waals surface area contributed by atoms with E-state index < -0.39 is 12.4 Å². The van der Waals surface area contributed by atoms with Gasteiger partial charge in [-0.3, -0.25) is 14.4 Å². The van der Waals surface area contributed by atoms with Crippen LogP contribution < -0.4 is 4.74 Å². The first-order chi connectivity index (χ1) is 12.7. The van der Waals surface area contributed by atoms with E-state index in [0.29, 0.717) is 16.9 Å². The second-order valence-electron chi connectivity index (χ2n) is 7.36. The summed E-state index contributed by atoms with van der Waals surface area (Å²) in [7, 11) is 0. The maximum absolute atomic E-state index is 12.4. The first kappa shape index (κ1) is 20.5. The summed E-state index contributed by atoms with van der Waals surface area (Å²) >= 11 is 0. The molecule has 0 bridgehead atoms. The third kappa shape index (κ3) is 5.86. The first-order valence-corrected chi connectivity index (χ1v) is 8.73. The van der Waals surface area contributed by atoms with Crippen molar-refractivity contribution in [1.82, 2.24) is 0 Å². The van der Waals surface area contributed by atoms with E-state index in [1.54, 1.807) is 36.4 Å². The van der Waals surface area contributed by atoms with Gasteiger partial charge in [0, 0.05) is 11.1 Å². The molecule has 0 aliphatic heterocycles. The molecule has 0 saturated carbocycles. The van der Waals surface area contributed by atoms with Crippen molar-refractivity contribution in [3.63, 3.8) is 0 Å². The Kier molecular flexibility index (Phi) is 6.64. The van der Waals surface area contributed by atoms with Crippen molar-refractivity contribution in [3.05, 3.63) is 65.2 Å². The smallest absolute Gasteiger partial charge is 0.195 e. The highest BCUT2D eigenvalue weighted by molar-refractivity contribution is 6.13. The molecule has 27 heavy (non-hydrogen) atoms. The van der Waals surface area contributed by atoms with Crippen LogP contribution in [0.25, 0.3) is 0 Å². The number of hydrogen-bond donors (Lipinski definition) is 1. The molecule has 0 fully saturated rings. The Morgan fingerprint density at radius 3 is 1.78 bits per heavy atom. The molecule has 0 radical (unpaired) electrons. The topological polar surface area (TPSA) is 80.7 Å². The maximum atomic E-state index is 12.4. The van der Waals surface area contributed by atoms with Gasteiger partial charge in [0.1, 0.15) is 19.0 Å². The summed E-state index contributed by atoms with van der Waals surface area (Å²) in [6, 6.07) is 13.6. The minimum Gasteiger partial charge on any atom is -0.486 e. The van der Waals surface area contributed by atoms with E-state index in [4.69, 9.17) is 9.84 Å². The van der Waals surface area contributed by atoms with Crippen LogP contribution in [-0.4, -0.2) is 35.7 Å². The third-order valence-corrected chi connectivity index (χ3v) is 4.15. The third-order valence-electron chi connectivity index (χ3n) is 4.15. The van der Waals surface area contributed by atoms with E-state index >= 15 is 0 Å². The molecule has 0 heterocycles. The van der Waals surface area contributed by atoms with Crippen molar-refractivity contribution in [1.29, 1.82) is 0 Å². The van der Waals surface area contributed by atoms with Crippen molar-refractivity contribution in [3.8, 4) is 5.75 Å². The zero-order chi connectivity index (χ0) is 20.0. The van der Waals surface area contributed by atoms with Crippen molar-refractivity contribution in [2.75, 3.05) is 13.2 Å². The predicted molar refractivity (Wildman–Crippen MR) is 102 cm³/mol. The summed E-state index contributed by atoms with van der Waals surface area (Å²) in [5.74, 6) is -0.525. The number of aliphatic hydroxyl groups is 1. The number of hydrogen-bond acceptors (Lipinski definition) is 5. The number of ketones is 3. The molecule has 5 nitrogen and oxygen atoms in total. The molecule has 0 unspecified atom stereocenters. The summed E-state index contributed by atoms with van der Waals surface area (Å²) in [4.78, 5) is 35.7. The zero-order valence-electron chi connectivity index (χ0n) is 15.8. The summed E-state index contributed by atoms with van der Waals surface area (Å²) in [5, 5.41) is 8.66. The molecule has 142 valence electrons. The number of benzene rings is 2. The van der Waals surface area contributed by atoms with Gasteiger partial charge in [-0.2, -0.15) is 0 Å². The van der Waals surface area contributed by atoms with Crippen LogP contribution in [-0.2, 0) is 10.2 Å². The largest absolute Gasteiger partial charge is 0.486 e. The lowest BCUT2D eigenvalue weighted by molar-refractivity contribution is -0.123. The van der Waals surface area contributed by atoms with Crippen LogP contribution >= 0.6 is 0 Å². The molecule has 5 heteroatoms. The lowest BCUT2D eigenvalue weighted by atomic mass is 9.86. The van der Waals surface area contributed by atoms with Crippen molar-refractivity contribution in [2.45, 2.75) is 32.6 Å². The van der Waals surface area contributed by atoms with Crippen LogP contribution in [0.5, 0.6) is 5.75 Å². The van der Waals surface area contributed by atoms with E-state index in [1.807, 2.05) is 12.1 Å². The highest BCUT2D eigenvalue weighted by Gasteiger charge is 2.17. The number of ether oxygens (including phenoxy) is 1. The van der Waals surface area contributed by atoms with E-state index in [-0.39, 0.29) is 30.0 Å². The van der Waals surface area contributed by atoms with Gasteiger partial charge in [0.05, 0.1) is 6.42 Å². The maximum Gasteiger partial charge on any atom is 0.195 e. The van der Waals surface area contributed by atoms with Gasteiger partial charge in [-0.1, -0.05) is 45.0 Å². The lowest BCUT2D eigenvalue weighted by Gasteiger charge is -2.18. The number of rotatable bonds is 8. The standard InChI is InChI=1S/C22H24O5/c1-22(2,3)17-8-4-15(5-9-17)20(25)12-21(26)16-6-10-19(11-7-16)27-14-18(24)13-23/h4-11,23H,12-14H2,1-3H3. The molecule has 0 aliphatic carbocycles. The van der Waals surface area contributed by atoms with Crippen LogP contribution in [0, 0.1) is 0 Å². The number of carbonyl (C=O) groups excluding carboxylic acids is 3. The summed E-state index contributed by atoms with van der Waals surface area (Å²) < 4.78 is 5.19. The first-order valence-electron chi connectivity index (χ1n) is 8.73. The summed E-state index contributed by atoms with van der Waals surface area (Å²) in [5.41, 5.74) is 2.04. The van der Waals surface area contributed by atoms with E-state index in [2.05, 4.69) is 20.8 Å². The van der Waals surface area contributed by atoms with Gasteiger partial charge in [0.2, 0.25) is 0 Å². The number of aliphatic hydroxyl groups excluding tert-OH is 1. The van der Waals surface area contributed by atoms with Gasteiger partial charge in [-0.05, 0) is 35.2 Å². The molecule has 0 spiro atoms. The van der Waals surface area contributed by atoms with Gasteiger partial charge in [0.25, 0.3) is 0 Å². The Morgan fingerprint density at radius 1 is 0.852 bits per heavy atom. The molecular formula is C22H24O5. The fourth-order valence-corrected chi connectivity index (χ4v) is 2.45. The average Bonchev–Trinajstić information content (AvgIpc) is 2.65. The Hall–Kier alpha value is -2.79. The SMILES string of the molecule is CC(C)(C)c1ccc(C(=O)CC(=O)c2ccc(OCC(=O)CO)cc2)cc1. The van der Waals surface area contributed by atoms with Gasteiger partial charge in [-0.15, -0.1) is 0 Å².